The summed E-state index contributed by atoms with van der Waals surface area (Å²) < 4.78 is 13.4. The van der Waals surface area contributed by atoms with Crippen LogP contribution in [0.5, 0.6) is 0 Å². The Morgan fingerprint density at radius 1 is 1.45 bits per heavy atom. The molecule has 1 heterocycles. The Labute approximate surface area is 124 Å². The highest BCUT2D eigenvalue weighted by atomic mass is 32.2. The molecule has 1 aliphatic heterocycles. The lowest BCUT2D eigenvalue weighted by atomic mass is 9.99. The van der Waals surface area contributed by atoms with E-state index >= 15 is 0 Å². The highest BCUT2D eigenvalue weighted by Crippen LogP contribution is 2.29. The molecule has 1 aromatic carbocycles. The molecule has 108 valence electrons. The first kappa shape index (κ1) is 15.2. The number of thioether (sulfide) groups is 2. The van der Waals surface area contributed by atoms with E-state index in [1.807, 2.05) is 0 Å². The molecule has 0 bridgehead atoms. The van der Waals surface area contributed by atoms with Crippen molar-refractivity contribution in [2.24, 2.45) is 0 Å². The third-order valence-corrected chi connectivity index (χ3v) is 5.24. The molecular weight excluding hydrogens is 301 g/mol. The minimum Gasteiger partial charge on any atom is -0.479 e. The van der Waals surface area contributed by atoms with Gasteiger partial charge in [-0.1, -0.05) is 12.1 Å². The maximum Gasteiger partial charge on any atom is 0.330 e. The number of carboxylic acid groups (broad SMARTS) is 1. The van der Waals surface area contributed by atoms with E-state index in [0.717, 1.165) is 11.8 Å². The van der Waals surface area contributed by atoms with Crippen LogP contribution in [-0.4, -0.2) is 39.8 Å². The van der Waals surface area contributed by atoms with Crippen LogP contribution >= 0.6 is 23.5 Å². The van der Waals surface area contributed by atoms with Crippen LogP contribution in [0.2, 0.25) is 0 Å². The smallest absolute Gasteiger partial charge is 0.330 e. The van der Waals surface area contributed by atoms with Crippen LogP contribution in [0.3, 0.4) is 0 Å². The minimum absolute atomic E-state index is 0.000625. The molecule has 2 N–H and O–H groups in total. The summed E-state index contributed by atoms with van der Waals surface area (Å²) in [6, 6.07) is 6.18. The quantitative estimate of drug-likeness (QED) is 0.814. The molecule has 20 heavy (non-hydrogen) atoms. The molecule has 1 unspecified atom stereocenters. The molecule has 1 atom stereocenters. The highest BCUT2D eigenvalue weighted by Gasteiger charge is 2.43. The second kappa shape index (κ2) is 6.49. The second-order valence-corrected chi connectivity index (χ2v) is 6.58. The fourth-order valence-electron chi connectivity index (χ4n) is 1.89. The lowest BCUT2D eigenvalue weighted by molar-refractivity contribution is -0.146. The van der Waals surface area contributed by atoms with E-state index in [2.05, 4.69) is 5.32 Å². The van der Waals surface area contributed by atoms with Crippen LogP contribution in [0, 0.1) is 5.82 Å². The number of rotatable bonds is 5. The maximum absolute atomic E-state index is 13.4. The Hall–Kier alpha value is -1.21. The second-order valence-electron chi connectivity index (χ2n) is 4.46. The van der Waals surface area contributed by atoms with E-state index in [1.165, 1.54) is 17.8 Å². The summed E-state index contributed by atoms with van der Waals surface area (Å²) in [5, 5.41) is 11.8. The zero-order chi connectivity index (χ0) is 14.6. The first-order valence-corrected chi connectivity index (χ1v) is 8.17. The number of carbonyl (C=O) groups excluding carboxylic acids is 1. The topological polar surface area (TPSA) is 66.4 Å². The minimum atomic E-state index is -1.17. The first-order chi connectivity index (χ1) is 9.53. The number of carbonyl (C=O) groups is 2. The van der Waals surface area contributed by atoms with Crippen molar-refractivity contribution in [2.45, 2.75) is 16.9 Å². The molecule has 0 saturated carbocycles. The summed E-state index contributed by atoms with van der Waals surface area (Å²) in [4.78, 5) is 23.5. The molecule has 2 rings (SSSR count). The van der Waals surface area contributed by atoms with Crippen molar-refractivity contribution in [3.63, 3.8) is 0 Å². The van der Waals surface area contributed by atoms with Gasteiger partial charge in [-0.05, 0) is 24.3 Å². The number of amides is 1. The largest absolute Gasteiger partial charge is 0.479 e. The van der Waals surface area contributed by atoms with Gasteiger partial charge in [-0.25, -0.2) is 9.18 Å². The van der Waals surface area contributed by atoms with Gasteiger partial charge in [-0.2, -0.15) is 11.8 Å². The van der Waals surface area contributed by atoms with Crippen LogP contribution < -0.4 is 5.32 Å². The highest BCUT2D eigenvalue weighted by molar-refractivity contribution is 8.00. The van der Waals surface area contributed by atoms with Crippen LogP contribution in [-0.2, 0) is 9.59 Å². The fourth-order valence-corrected chi connectivity index (χ4v) is 3.96. The standard InChI is InChI=1S/C13H14FNO3S2/c14-9-3-1-2-4-10(9)20-7-11(16)15-13(12(17)18)5-6-19-8-13/h1-4H,5-8H2,(H,15,16)(H,17,18). The van der Waals surface area contributed by atoms with Crippen LogP contribution in [0.4, 0.5) is 4.39 Å². The van der Waals surface area contributed by atoms with Crippen molar-refractivity contribution in [1.82, 2.24) is 5.32 Å². The zero-order valence-electron chi connectivity index (χ0n) is 10.6. The van der Waals surface area contributed by atoms with E-state index in [0.29, 0.717) is 22.8 Å². The summed E-state index contributed by atoms with van der Waals surface area (Å²) in [6.07, 6.45) is 0.420. The number of nitrogens with one attached hydrogen (secondary N) is 1. The van der Waals surface area contributed by atoms with Crippen LogP contribution in [0.25, 0.3) is 0 Å². The lowest BCUT2D eigenvalue weighted by Gasteiger charge is -2.24. The van der Waals surface area contributed by atoms with Gasteiger partial charge in [0, 0.05) is 10.6 Å². The molecule has 0 aromatic heterocycles. The van der Waals surface area contributed by atoms with E-state index in [-0.39, 0.29) is 17.5 Å². The first-order valence-electron chi connectivity index (χ1n) is 6.03. The van der Waals surface area contributed by atoms with Crippen LogP contribution in [0.1, 0.15) is 6.42 Å². The summed E-state index contributed by atoms with van der Waals surface area (Å²) >= 11 is 2.57. The molecule has 0 radical (unpaired) electrons. The van der Waals surface area contributed by atoms with Gasteiger partial charge in [0.2, 0.25) is 5.91 Å². The van der Waals surface area contributed by atoms with E-state index in [1.54, 1.807) is 18.2 Å². The Bertz CT molecular complexity index is 518. The molecule has 7 heteroatoms. The van der Waals surface area contributed by atoms with E-state index in [9.17, 15) is 19.1 Å². The van der Waals surface area contributed by atoms with Crippen molar-refractivity contribution in [1.29, 1.82) is 0 Å². The van der Waals surface area contributed by atoms with Gasteiger partial charge in [-0.3, -0.25) is 4.79 Å². The predicted molar refractivity (Wildman–Crippen MR) is 77.6 cm³/mol. The number of carboxylic acids is 1. The fraction of sp³-hybridized carbons (Fsp3) is 0.385. The van der Waals surface area contributed by atoms with E-state index < -0.39 is 11.5 Å². The predicted octanol–water partition coefficient (Wildman–Crippen LogP) is 1.99. The third kappa shape index (κ3) is 3.46. The number of aliphatic carboxylic acids is 1. The SMILES string of the molecule is O=C(CSc1ccccc1F)NC1(C(=O)O)CCSC1. The van der Waals surface area contributed by atoms with Gasteiger partial charge in [0.15, 0.2) is 0 Å². The molecule has 4 nitrogen and oxygen atoms in total. The van der Waals surface area contributed by atoms with Gasteiger partial charge >= 0.3 is 5.97 Å². The van der Waals surface area contributed by atoms with Gasteiger partial charge < -0.3 is 10.4 Å². The summed E-state index contributed by atoms with van der Waals surface area (Å²) in [6.45, 7) is 0. The zero-order valence-corrected chi connectivity index (χ0v) is 12.2. The number of hydrogen-bond donors (Lipinski definition) is 2. The Morgan fingerprint density at radius 2 is 2.20 bits per heavy atom. The normalized spacial score (nSPS) is 21.6. The third-order valence-electron chi connectivity index (χ3n) is 3.01. The van der Waals surface area contributed by atoms with Crippen LogP contribution in [0.15, 0.2) is 29.2 Å². The van der Waals surface area contributed by atoms with Gasteiger partial charge in [-0.15, -0.1) is 11.8 Å². The van der Waals surface area contributed by atoms with Gasteiger partial charge in [0.1, 0.15) is 11.4 Å². The Balaban J connectivity index is 1.92. The number of hydrogen-bond acceptors (Lipinski definition) is 4. The number of benzene rings is 1. The van der Waals surface area contributed by atoms with Crippen molar-refractivity contribution >= 4 is 35.4 Å². The summed E-state index contributed by atoms with van der Waals surface area (Å²) in [5.41, 5.74) is -1.17. The molecule has 1 aromatic rings. The van der Waals surface area contributed by atoms with E-state index in [4.69, 9.17) is 0 Å². The van der Waals surface area contributed by atoms with Crippen molar-refractivity contribution < 1.29 is 19.1 Å². The molecule has 0 aliphatic carbocycles. The maximum atomic E-state index is 13.4. The lowest BCUT2D eigenvalue weighted by Crippen LogP contribution is -2.55. The molecule has 1 amide bonds. The molecule has 1 aliphatic rings. The molecule has 1 saturated heterocycles. The Morgan fingerprint density at radius 3 is 2.80 bits per heavy atom. The summed E-state index contributed by atoms with van der Waals surface area (Å²) in [5.74, 6) is -0.684. The summed E-state index contributed by atoms with van der Waals surface area (Å²) in [7, 11) is 0. The Kier molecular flexibility index (Phi) is 4.93. The molecule has 1 fully saturated rings. The van der Waals surface area contributed by atoms with Crippen molar-refractivity contribution in [3.05, 3.63) is 30.1 Å². The molecule has 0 spiro atoms. The van der Waals surface area contributed by atoms with Crippen molar-refractivity contribution in [2.75, 3.05) is 17.3 Å². The van der Waals surface area contributed by atoms with Crippen molar-refractivity contribution in [3.8, 4) is 0 Å². The van der Waals surface area contributed by atoms with Gasteiger partial charge in [0.05, 0.1) is 5.75 Å². The molecular formula is C13H14FNO3S2. The average molecular weight is 315 g/mol. The monoisotopic (exact) mass is 315 g/mol. The average Bonchev–Trinajstić information content (AvgIpc) is 2.88. The number of halogens is 1. The van der Waals surface area contributed by atoms with Gasteiger partial charge in [0.25, 0.3) is 0 Å².